The summed E-state index contributed by atoms with van der Waals surface area (Å²) in [6, 6.07) is 2.01. The van der Waals surface area contributed by atoms with Crippen molar-refractivity contribution in [1.29, 1.82) is 0 Å². The van der Waals surface area contributed by atoms with Crippen LogP contribution in [0, 0.1) is 13.8 Å². The lowest BCUT2D eigenvalue weighted by Gasteiger charge is -2.01. The molecule has 68 valence electrons. The molecule has 0 saturated carbocycles. The number of anilines is 1. The molecule has 0 amide bonds. The molecule has 4 heteroatoms. The zero-order chi connectivity index (χ0) is 9.59. The van der Waals surface area contributed by atoms with Gasteiger partial charge in [-0.1, -0.05) is 0 Å². The molecule has 2 heterocycles. The lowest BCUT2D eigenvalue weighted by atomic mass is 10.4. The van der Waals surface area contributed by atoms with Gasteiger partial charge >= 0.3 is 0 Å². The van der Waals surface area contributed by atoms with Gasteiger partial charge in [0, 0.05) is 12.7 Å². The first kappa shape index (κ1) is 8.04. The van der Waals surface area contributed by atoms with Crippen molar-refractivity contribution < 1.29 is 0 Å². The number of hydrogen-bond donors (Lipinski definition) is 1. The molecular weight excluding hydrogens is 164 g/mol. The summed E-state index contributed by atoms with van der Waals surface area (Å²) in [6.45, 7) is 3.87. The Morgan fingerprint density at radius 3 is 2.69 bits per heavy atom. The quantitative estimate of drug-likeness (QED) is 0.655. The van der Waals surface area contributed by atoms with Crippen molar-refractivity contribution in [1.82, 2.24) is 14.5 Å². The minimum absolute atomic E-state index is 0.554. The Labute approximate surface area is 76.4 Å². The maximum atomic E-state index is 5.80. The first-order valence-electron chi connectivity index (χ1n) is 4.15. The number of nitrogens with zero attached hydrogens (tertiary/aromatic N) is 3. The number of aromatic nitrogens is 3. The lowest BCUT2D eigenvalue weighted by Crippen LogP contribution is -2.00. The molecule has 0 bridgehead atoms. The van der Waals surface area contributed by atoms with Crippen molar-refractivity contribution in [3.05, 3.63) is 17.6 Å². The monoisotopic (exact) mass is 176 g/mol. The summed E-state index contributed by atoms with van der Waals surface area (Å²) in [6.07, 6.45) is 0. The Balaban J connectivity index is 2.94. The summed E-state index contributed by atoms with van der Waals surface area (Å²) in [5.41, 5.74) is 8.78. The second-order valence-corrected chi connectivity index (χ2v) is 3.23. The molecule has 2 aromatic rings. The zero-order valence-corrected chi connectivity index (χ0v) is 8.00. The van der Waals surface area contributed by atoms with Gasteiger partial charge in [0.1, 0.15) is 11.3 Å². The van der Waals surface area contributed by atoms with E-state index in [1.54, 1.807) is 0 Å². The minimum Gasteiger partial charge on any atom is -0.382 e. The Kier molecular flexibility index (Phi) is 1.52. The van der Waals surface area contributed by atoms with E-state index in [-0.39, 0.29) is 0 Å². The molecule has 0 fully saturated rings. The standard InChI is InChI=1S/C9H12N4/c1-5-4-7-8(13(5)3)9(10)12-6(2)11-7/h4H,1-3H3,(H2,10,11,12). The molecule has 0 aliphatic heterocycles. The first-order valence-corrected chi connectivity index (χ1v) is 4.15. The molecule has 0 saturated heterocycles. The Morgan fingerprint density at radius 2 is 2.00 bits per heavy atom. The van der Waals surface area contributed by atoms with Gasteiger partial charge in [-0.05, 0) is 19.9 Å². The topological polar surface area (TPSA) is 56.7 Å². The number of fused-ring (bicyclic) bond motifs is 1. The number of hydrogen-bond acceptors (Lipinski definition) is 3. The Bertz CT molecular complexity index is 470. The molecule has 0 aliphatic carbocycles. The van der Waals surface area contributed by atoms with Crippen LogP contribution in [-0.2, 0) is 7.05 Å². The molecule has 0 spiro atoms. The van der Waals surface area contributed by atoms with Gasteiger partial charge in [-0.2, -0.15) is 0 Å². The van der Waals surface area contributed by atoms with Crippen molar-refractivity contribution in [2.24, 2.45) is 7.05 Å². The summed E-state index contributed by atoms with van der Waals surface area (Å²) in [5.74, 6) is 1.27. The van der Waals surface area contributed by atoms with E-state index >= 15 is 0 Å². The van der Waals surface area contributed by atoms with Gasteiger partial charge in [0.15, 0.2) is 5.82 Å². The molecule has 0 unspecified atom stereocenters. The summed E-state index contributed by atoms with van der Waals surface area (Å²) >= 11 is 0. The first-order chi connectivity index (χ1) is 6.09. The van der Waals surface area contributed by atoms with E-state index < -0.39 is 0 Å². The summed E-state index contributed by atoms with van der Waals surface area (Å²) in [7, 11) is 1.96. The van der Waals surface area contributed by atoms with Crippen LogP contribution in [0.1, 0.15) is 11.5 Å². The molecule has 0 aliphatic rings. The highest BCUT2D eigenvalue weighted by molar-refractivity contribution is 5.86. The molecule has 13 heavy (non-hydrogen) atoms. The highest BCUT2D eigenvalue weighted by atomic mass is 15.0. The van der Waals surface area contributed by atoms with Crippen molar-refractivity contribution in [3.8, 4) is 0 Å². The van der Waals surface area contributed by atoms with Gasteiger partial charge in [0.05, 0.1) is 5.52 Å². The summed E-state index contributed by atoms with van der Waals surface area (Å²) < 4.78 is 2.00. The lowest BCUT2D eigenvalue weighted by molar-refractivity contribution is 0.914. The molecule has 0 atom stereocenters. The number of rotatable bonds is 0. The van der Waals surface area contributed by atoms with Crippen LogP contribution in [0.15, 0.2) is 6.07 Å². The van der Waals surface area contributed by atoms with Crippen LogP contribution >= 0.6 is 0 Å². The van der Waals surface area contributed by atoms with Crippen molar-refractivity contribution in [2.45, 2.75) is 13.8 Å². The predicted molar refractivity (Wildman–Crippen MR) is 52.4 cm³/mol. The number of aryl methyl sites for hydroxylation is 3. The largest absolute Gasteiger partial charge is 0.382 e. The van der Waals surface area contributed by atoms with Gasteiger partial charge in [0.25, 0.3) is 0 Å². The third-order valence-corrected chi connectivity index (χ3v) is 2.26. The summed E-state index contributed by atoms with van der Waals surface area (Å²) in [5, 5.41) is 0. The highest BCUT2D eigenvalue weighted by Gasteiger charge is 2.08. The molecule has 2 N–H and O–H groups in total. The van der Waals surface area contributed by atoms with Gasteiger partial charge in [-0.3, -0.25) is 0 Å². The van der Waals surface area contributed by atoms with Crippen LogP contribution in [0.5, 0.6) is 0 Å². The fourth-order valence-corrected chi connectivity index (χ4v) is 1.53. The molecular formula is C9H12N4. The van der Waals surface area contributed by atoms with Gasteiger partial charge < -0.3 is 10.3 Å². The van der Waals surface area contributed by atoms with Crippen LogP contribution in [0.3, 0.4) is 0 Å². The Morgan fingerprint density at radius 1 is 1.31 bits per heavy atom. The number of nitrogen functional groups attached to an aromatic ring is 1. The van der Waals surface area contributed by atoms with Crippen LogP contribution in [-0.4, -0.2) is 14.5 Å². The fourth-order valence-electron chi connectivity index (χ4n) is 1.53. The van der Waals surface area contributed by atoms with Crippen molar-refractivity contribution in [2.75, 3.05) is 5.73 Å². The zero-order valence-electron chi connectivity index (χ0n) is 8.00. The second-order valence-electron chi connectivity index (χ2n) is 3.23. The smallest absolute Gasteiger partial charge is 0.151 e. The number of nitrogens with two attached hydrogens (primary N) is 1. The van der Waals surface area contributed by atoms with Crippen LogP contribution in [0.2, 0.25) is 0 Å². The van der Waals surface area contributed by atoms with E-state index in [1.165, 1.54) is 0 Å². The third kappa shape index (κ3) is 1.06. The van der Waals surface area contributed by atoms with E-state index in [0.29, 0.717) is 5.82 Å². The molecule has 4 nitrogen and oxygen atoms in total. The van der Waals surface area contributed by atoms with Crippen molar-refractivity contribution >= 4 is 16.9 Å². The van der Waals surface area contributed by atoms with Crippen molar-refractivity contribution in [3.63, 3.8) is 0 Å². The van der Waals surface area contributed by atoms with Crippen LogP contribution in [0.4, 0.5) is 5.82 Å². The molecule has 0 radical (unpaired) electrons. The maximum Gasteiger partial charge on any atom is 0.151 e. The Hall–Kier alpha value is -1.58. The van der Waals surface area contributed by atoms with Gasteiger partial charge in [-0.25, -0.2) is 9.97 Å². The highest BCUT2D eigenvalue weighted by Crippen LogP contribution is 2.20. The van der Waals surface area contributed by atoms with Crippen LogP contribution in [0.25, 0.3) is 11.0 Å². The van der Waals surface area contributed by atoms with E-state index in [1.807, 2.05) is 31.5 Å². The summed E-state index contributed by atoms with van der Waals surface area (Å²) in [4.78, 5) is 8.43. The fraction of sp³-hybridized carbons (Fsp3) is 0.333. The van der Waals surface area contributed by atoms with Gasteiger partial charge in [0.2, 0.25) is 0 Å². The van der Waals surface area contributed by atoms with E-state index in [2.05, 4.69) is 9.97 Å². The molecule has 0 aromatic carbocycles. The predicted octanol–water partition coefficient (Wildman–Crippen LogP) is 1.17. The normalized spacial score (nSPS) is 11.0. The third-order valence-electron chi connectivity index (χ3n) is 2.26. The molecule has 2 aromatic heterocycles. The molecule has 2 rings (SSSR count). The SMILES string of the molecule is Cc1nc(N)c2c(cc(C)n2C)n1. The average Bonchev–Trinajstić information content (AvgIpc) is 2.27. The van der Waals surface area contributed by atoms with Crippen LogP contribution < -0.4 is 5.73 Å². The average molecular weight is 176 g/mol. The van der Waals surface area contributed by atoms with E-state index in [9.17, 15) is 0 Å². The van der Waals surface area contributed by atoms with E-state index in [4.69, 9.17) is 5.73 Å². The van der Waals surface area contributed by atoms with Gasteiger partial charge in [-0.15, -0.1) is 0 Å². The van der Waals surface area contributed by atoms with E-state index in [0.717, 1.165) is 22.6 Å². The second kappa shape index (κ2) is 2.45. The maximum absolute atomic E-state index is 5.80. The minimum atomic E-state index is 0.554.